The molecule has 6 heteroatoms. The number of likely N-dealkylation sites (tertiary alicyclic amines) is 1. The number of benzene rings is 2. The molecule has 0 atom stereocenters. The van der Waals surface area contributed by atoms with Gasteiger partial charge in [-0.25, -0.2) is 4.98 Å². The van der Waals surface area contributed by atoms with Crippen molar-refractivity contribution in [1.82, 2.24) is 20.1 Å². The lowest BCUT2D eigenvalue weighted by Crippen LogP contribution is -2.18. The average molecular weight is 428 g/mol. The number of nitrogens with zero attached hydrogens (tertiary/aromatic N) is 4. The van der Waals surface area contributed by atoms with Crippen LogP contribution in [0.5, 0.6) is 0 Å². The van der Waals surface area contributed by atoms with Crippen LogP contribution < -0.4 is 5.32 Å². The smallest absolute Gasteiger partial charge is 0.147 e. The first-order valence-electron chi connectivity index (χ1n) is 10.6. The van der Waals surface area contributed by atoms with Crippen LogP contribution in [0.3, 0.4) is 0 Å². The Hall–Kier alpha value is -3.09. The van der Waals surface area contributed by atoms with E-state index in [-0.39, 0.29) is 0 Å². The van der Waals surface area contributed by atoms with E-state index < -0.39 is 0 Å². The van der Waals surface area contributed by atoms with Crippen molar-refractivity contribution in [2.24, 2.45) is 0 Å². The summed E-state index contributed by atoms with van der Waals surface area (Å²) in [5, 5.41) is 15.9. The van der Waals surface area contributed by atoms with Gasteiger partial charge < -0.3 is 5.32 Å². The molecule has 5 rings (SSSR count). The molecule has 0 bridgehead atoms. The van der Waals surface area contributed by atoms with E-state index >= 15 is 0 Å². The Balaban J connectivity index is 1.35. The number of anilines is 1. The van der Waals surface area contributed by atoms with Gasteiger partial charge in [0.25, 0.3) is 0 Å². The Labute approximate surface area is 186 Å². The third-order valence-electron chi connectivity index (χ3n) is 5.65. The number of hydrogen-bond donors (Lipinski definition) is 1. The fourth-order valence-corrected chi connectivity index (χ4v) is 4.73. The van der Waals surface area contributed by atoms with Crippen LogP contribution in [0.15, 0.2) is 61.3 Å². The average Bonchev–Trinajstić information content (AvgIpc) is 3.45. The van der Waals surface area contributed by atoms with Gasteiger partial charge in [0.05, 0.1) is 0 Å². The van der Waals surface area contributed by atoms with Crippen molar-refractivity contribution in [3.63, 3.8) is 0 Å². The van der Waals surface area contributed by atoms with Gasteiger partial charge in [-0.05, 0) is 67.6 Å². The molecule has 0 radical (unpaired) electrons. The Bertz CT molecular complexity index is 1240. The van der Waals surface area contributed by atoms with Gasteiger partial charge in [0, 0.05) is 29.4 Å². The van der Waals surface area contributed by atoms with Gasteiger partial charge in [-0.15, -0.1) is 10.2 Å². The minimum atomic E-state index is 0.785. The van der Waals surface area contributed by atoms with Crippen molar-refractivity contribution < 1.29 is 0 Å². The highest BCUT2D eigenvalue weighted by molar-refractivity contribution is 7.14. The molecule has 31 heavy (non-hydrogen) atoms. The normalized spacial score (nSPS) is 14.2. The van der Waals surface area contributed by atoms with Crippen LogP contribution >= 0.6 is 11.3 Å². The van der Waals surface area contributed by atoms with Crippen LogP contribution in [-0.4, -0.2) is 33.2 Å². The molecule has 0 amide bonds. The standard InChI is InChI=1S/C25H25N5S/c1-17(20-7-5-6-19(12-20)16-30-10-3-4-11-30)27-24-14-23-13-21(8-9-22(23)15-26-24)25-29-28-18(2)31-25/h5-9,12-15H,1,3-4,10-11,16H2,2H3,(H,26,27). The monoisotopic (exact) mass is 427 g/mol. The second-order valence-corrected chi connectivity index (χ2v) is 9.23. The zero-order valence-electron chi connectivity index (χ0n) is 17.6. The molecular weight excluding hydrogens is 402 g/mol. The second kappa shape index (κ2) is 8.57. The van der Waals surface area contributed by atoms with Crippen LogP contribution in [0.1, 0.15) is 29.0 Å². The van der Waals surface area contributed by atoms with Crippen LogP contribution in [-0.2, 0) is 6.54 Å². The van der Waals surface area contributed by atoms with E-state index in [0.29, 0.717) is 0 Å². The molecule has 2 aromatic heterocycles. The van der Waals surface area contributed by atoms with Crippen LogP contribution in [0.4, 0.5) is 5.82 Å². The molecule has 1 N–H and O–H groups in total. The number of pyridine rings is 1. The lowest BCUT2D eigenvalue weighted by atomic mass is 10.1. The van der Waals surface area contributed by atoms with Crippen LogP contribution in [0.2, 0.25) is 0 Å². The Kier molecular flexibility index (Phi) is 5.49. The topological polar surface area (TPSA) is 53.9 Å². The summed E-state index contributed by atoms with van der Waals surface area (Å²) in [5.41, 5.74) is 4.34. The van der Waals surface area contributed by atoms with E-state index in [1.807, 2.05) is 13.1 Å². The fraction of sp³-hybridized carbons (Fsp3) is 0.240. The van der Waals surface area contributed by atoms with E-state index in [2.05, 4.69) is 80.5 Å². The first kappa shape index (κ1) is 19.8. The molecule has 0 spiro atoms. The van der Waals surface area contributed by atoms with E-state index in [1.54, 1.807) is 11.3 Å². The Morgan fingerprint density at radius 2 is 1.94 bits per heavy atom. The molecule has 0 unspecified atom stereocenters. The van der Waals surface area contributed by atoms with E-state index in [4.69, 9.17) is 0 Å². The zero-order valence-corrected chi connectivity index (χ0v) is 18.5. The minimum Gasteiger partial charge on any atom is -0.340 e. The van der Waals surface area contributed by atoms with Gasteiger partial charge in [-0.3, -0.25) is 4.90 Å². The van der Waals surface area contributed by atoms with Crippen molar-refractivity contribution in [1.29, 1.82) is 0 Å². The Morgan fingerprint density at radius 3 is 2.74 bits per heavy atom. The van der Waals surface area contributed by atoms with Crippen molar-refractivity contribution in [3.8, 4) is 10.6 Å². The van der Waals surface area contributed by atoms with E-state index in [0.717, 1.165) is 50.0 Å². The highest BCUT2D eigenvalue weighted by Crippen LogP contribution is 2.28. The minimum absolute atomic E-state index is 0.785. The molecule has 0 saturated carbocycles. The molecule has 4 aromatic rings. The lowest BCUT2D eigenvalue weighted by molar-refractivity contribution is 0.331. The van der Waals surface area contributed by atoms with Crippen LogP contribution in [0.25, 0.3) is 27.0 Å². The predicted octanol–water partition coefficient (Wildman–Crippen LogP) is 5.74. The first-order chi connectivity index (χ1) is 15.1. The number of fused-ring (bicyclic) bond motifs is 1. The fourth-order valence-electron chi connectivity index (χ4n) is 4.04. The summed E-state index contributed by atoms with van der Waals surface area (Å²) in [7, 11) is 0. The summed E-state index contributed by atoms with van der Waals surface area (Å²) in [4.78, 5) is 7.09. The maximum absolute atomic E-state index is 4.58. The van der Waals surface area contributed by atoms with Crippen LogP contribution in [0, 0.1) is 6.92 Å². The van der Waals surface area contributed by atoms with E-state index in [9.17, 15) is 0 Å². The predicted molar refractivity (Wildman–Crippen MR) is 129 cm³/mol. The number of nitrogens with one attached hydrogen (secondary N) is 1. The molecule has 1 aliphatic rings. The summed E-state index contributed by atoms with van der Waals surface area (Å²) >= 11 is 1.60. The van der Waals surface area contributed by atoms with Crippen molar-refractivity contribution in [2.45, 2.75) is 26.3 Å². The number of aryl methyl sites for hydroxylation is 1. The Morgan fingerprint density at radius 1 is 1.06 bits per heavy atom. The molecule has 1 aliphatic heterocycles. The number of aromatic nitrogens is 3. The lowest BCUT2D eigenvalue weighted by Gasteiger charge is -2.16. The summed E-state index contributed by atoms with van der Waals surface area (Å²) in [6.07, 6.45) is 4.51. The summed E-state index contributed by atoms with van der Waals surface area (Å²) in [6.45, 7) is 9.63. The van der Waals surface area contributed by atoms with Crippen molar-refractivity contribution >= 4 is 33.6 Å². The van der Waals surface area contributed by atoms with Gasteiger partial charge in [-0.2, -0.15) is 0 Å². The summed E-state index contributed by atoms with van der Waals surface area (Å²) in [6, 6.07) is 17.0. The van der Waals surface area contributed by atoms with Gasteiger partial charge >= 0.3 is 0 Å². The maximum atomic E-state index is 4.58. The SMILES string of the molecule is C=C(Nc1cc2cc(-c3nnc(C)s3)ccc2cn1)c1cccc(CN2CCCC2)c1. The molecule has 3 heterocycles. The number of hydrogen-bond acceptors (Lipinski definition) is 6. The van der Waals surface area contributed by atoms with E-state index in [1.165, 1.54) is 31.5 Å². The molecular formula is C25H25N5S. The number of rotatable bonds is 6. The molecule has 0 aliphatic carbocycles. The first-order valence-corrected chi connectivity index (χ1v) is 11.4. The van der Waals surface area contributed by atoms with Gasteiger partial charge in [0.2, 0.25) is 0 Å². The quantitative estimate of drug-likeness (QED) is 0.425. The molecule has 156 valence electrons. The van der Waals surface area contributed by atoms with Gasteiger partial charge in [0.1, 0.15) is 15.8 Å². The maximum Gasteiger partial charge on any atom is 0.147 e. The largest absolute Gasteiger partial charge is 0.340 e. The third-order valence-corrected chi connectivity index (χ3v) is 6.54. The highest BCUT2D eigenvalue weighted by Gasteiger charge is 2.12. The summed E-state index contributed by atoms with van der Waals surface area (Å²) < 4.78 is 0. The van der Waals surface area contributed by atoms with Gasteiger partial charge in [-0.1, -0.05) is 48.2 Å². The summed E-state index contributed by atoms with van der Waals surface area (Å²) in [5.74, 6) is 0.785. The second-order valence-electron chi connectivity index (χ2n) is 8.04. The molecule has 2 aromatic carbocycles. The molecule has 1 saturated heterocycles. The van der Waals surface area contributed by atoms with Crippen molar-refractivity contribution in [2.75, 3.05) is 18.4 Å². The molecule has 1 fully saturated rings. The zero-order chi connectivity index (χ0) is 21.2. The van der Waals surface area contributed by atoms with Crippen molar-refractivity contribution in [3.05, 3.63) is 77.4 Å². The van der Waals surface area contributed by atoms with Gasteiger partial charge in [0.15, 0.2) is 0 Å². The highest BCUT2D eigenvalue weighted by atomic mass is 32.1. The third kappa shape index (κ3) is 4.50. The molecule has 5 nitrogen and oxygen atoms in total.